The molecule has 0 fully saturated rings. The molecule has 0 aliphatic carbocycles. The lowest BCUT2D eigenvalue weighted by molar-refractivity contribution is -0.117. The molecule has 2 rings (SSSR count). The maximum absolute atomic E-state index is 12.2. The van der Waals surface area contributed by atoms with Crippen LogP contribution in [-0.4, -0.2) is 20.1 Å². The highest BCUT2D eigenvalue weighted by Gasteiger charge is 2.11. The Morgan fingerprint density at radius 2 is 1.88 bits per heavy atom. The Kier molecular flexibility index (Phi) is 6.44. The number of hydrogen-bond acceptors (Lipinski definition) is 3. The minimum absolute atomic E-state index is 0.107. The first kappa shape index (κ1) is 18.1. The zero-order valence-electron chi connectivity index (χ0n) is 13.9. The molecular weight excluding hydrogens is 370 g/mol. The Bertz CT molecular complexity index is 743. The molecule has 0 bridgehead atoms. The summed E-state index contributed by atoms with van der Waals surface area (Å²) in [5, 5.41) is 2.95. The molecule has 126 valence electrons. The van der Waals surface area contributed by atoms with Crippen molar-refractivity contribution in [1.29, 1.82) is 0 Å². The molecular formula is C19H20BrNO3. The number of halogens is 1. The van der Waals surface area contributed by atoms with E-state index in [9.17, 15) is 4.79 Å². The molecule has 1 atom stereocenters. The highest BCUT2D eigenvalue weighted by Crippen LogP contribution is 2.31. The van der Waals surface area contributed by atoms with Gasteiger partial charge in [-0.15, -0.1) is 0 Å². The van der Waals surface area contributed by atoms with Crippen molar-refractivity contribution >= 4 is 27.9 Å². The fourth-order valence-electron chi connectivity index (χ4n) is 2.37. The van der Waals surface area contributed by atoms with Crippen LogP contribution < -0.4 is 14.8 Å². The van der Waals surface area contributed by atoms with Crippen LogP contribution in [0, 0.1) is 0 Å². The molecule has 0 radical (unpaired) electrons. The van der Waals surface area contributed by atoms with E-state index in [2.05, 4.69) is 21.2 Å². The summed E-state index contributed by atoms with van der Waals surface area (Å²) in [5.41, 5.74) is 1.80. The summed E-state index contributed by atoms with van der Waals surface area (Å²) in [6.45, 7) is 1.94. The summed E-state index contributed by atoms with van der Waals surface area (Å²) >= 11 is 3.50. The van der Waals surface area contributed by atoms with E-state index in [0.29, 0.717) is 11.5 Å². The number of hydrogen-bond donors (Lipinski definition) is 1. The van der Waals surface area contributed by atoms with Gasteiger partial charge in [0, 0.05) is 16.1 Å². The predicted octanol–water partition coefficient (Wildman–Crippen LogP) is 4.36. The highest BCUT2D eigenvalue weighted by atomic mass is 79.9. The molecule has 24 heavy (non-hydrogen) atoms. The van der Waals surface area contributed by atoms with E-state index in [1.165, 1.54) is 6.08 Å². The van der Waals surface area contributed by atoms with Gasteiger partial charge in [-0.05, 0) is 30.7 Å². The second kappa shape index (κ2) is 8.55. The first-order valence-electron chi connectivity index (χ1n) is 7.50. The first-order valence-corrected chi connectivity index (χ1v) is 8.30. The molecule has 2 aromatic rings. The number of rotatable bonds is 6. The van der Waals surface area contributed by atoms with E-state index in [0.717, 1.165) is 15.6 Å². The molecule has 4 nitrogen and oxygen atoms in total. The Balaban J connectivity index is 2.10. The van der Waals surface area contributed by atoms with Gasteiger partial charge in [0.1, 0.15) is 0 Å². The third-order valence-corrected chi connectivity index (χ3v) is 4.30. The van der Waals surface area contributed by atoms with Crippen molar-refractivity contribution in [1.82, 2.24) is 5.32 Å². The van der Waals surface area contributed by atoms with Crippen LogP contribution in [0.5, 0.6) is 11.5 Å². The van der Waals surface area contributed by atoms with Gasteiger partial charge >= 0.3 is 0 Å². The number of carbonyl (C=O) groups is 1. The number of ether oxygens (including phenoxy) is 2. The normalized spacial score (nSPS) is 12.0. The molecule has 0 heterocycles. The van der Waals surface area contributed by atoms with E-state index in [4.69, 9.17) is 9.47 Å². The third kappa shape index (κ3) is 4.38. The fraction of sp³-hybridized carbons (Fsp3) is 0.211. The van der Waals surface area contributed by atoms with Gasteiger partial charge < -0.3 is 14.8 Å². The molecule has 0 aliphatic rings. The topological polar surface area (TPSA) is 47.6 Å². The van der Waals surface area contributed by atoms with Crippen LogP contribution in [0.25, 0.3) is 6.08 Å². The number of amides is 1. The van der Waals surface area contributed by atoms with Crippen molar-refractivity contribution in [3.05, 3.63) is 64.1 Å². The molecule has 0 spiro atoms. The van der Waals surface area contributed by atoms with Gasteiger partial charge in [0.15, 0.2) is 11.5 Å². The van der Waals surface area contributed by atoms with Gasteiger partial charge in [-0.25, -0.2) is 0 Å². The van der Waals surface area contributed by atoms with E-state index in [1.807, 2.05) is 49.4 Å². The molecule has 1 N–H and O–H groups in total. The van der Waals surface area contributed by atoms with Gasteiger partial charge in [-0.2, -0.15) is 0 Å². The number of methoxy groups -OCH3 is 2. The van der Waals surface area contributed by atoms with E-state index in [-0.39, 0.29) is 11.9 Å². The molecule has 0 saturated carbocycles. The highest BCUT2D eigenvalue weighted by molar-refractivity contribution is 9.10. The summed E-state index contributed by atoms with van der Waals surface area (Å²) < 4.78 is 11.6. The van der Waals surface area contributed by atoms with Crippen LogP contribution in [0.2, 0.25) is 0 Å². The summed E-state index contributed by atoms with van der Waals surface area (Å²) in [7, 11) is 3.15. The maximum Gasteiger partial charge on any atom is 0.244 e. The predicted molar refractivity (Wildman–Crippen MR) is 99.3 cm³/mol. The zero-order valence-corrected chi connectivity index (χ0v) is 15.5. The fourth-order valence-corrected chi connectivity index (χ4v) is 3.00. The van der Waals surface area contributed by atoms with Crippen LogP contribution >= 0.6 is 15.9 Å². The molecule has 0 saturated heterocycles. The van der Waals surface area contributed by atoms with E-state index < -0.39 is 0 Å². The van der Waals surface area contributed by atoms with Crippen molar-refractivity contribution in [2.75, 3.05) is 14.2 Å². The average Bonchev–Trinajstić information content (AvgIpc) is 2.59. The SMILES string of the molecule is COc1cccc(/C=C/C(=O)N[C@@H](C)c2ccccc2Br)c1OC. The quantitative estimate of drug-likeness (QED) is 0.746. The second-order valence-corrected chi connectivity index (χ2v) is 6.02. The van der Waals surface area contributed by atoms with E-state index >= 15 is 0 Å². The molecule has 0 aliphatic heterocycles. The zero-order chi connectivity index (χ0) is 17.5. The van der Waals surface area contributed by atoms with Crippen LogP contribution in [0.15, 0.2) is 53.0 Å². The largest absolute Gasteiger partial charge is 0.493 e. The van der Waals surface area contributed by atoms with Gasteiger partial charge in [0.2, 0.25) is 5.91 Å². The van der Waals surface area contributed by atoms with Crippen molar-refractivity contribution < 1.29 is 14.3 Å². The van der Waals surface area contributed by atoms with E-state index in [1.54, 1.807) is 20.3 Å². The second-order valence-electron chi connectivity index (χ2n) is 5.17. The van der Waals surface area contributed by atoms with Crippen LogP contribution in [0.3, 0.4) is 0 Å². The van der Waals surface area contributed by atoms with Gasteiger partial charge in [0.05, 0.1) is 20.3 Å². The number of benzene rings is 2. The smallest absolute Gasteiger partial charge is 0.244 e. The lowest BCUT2D eigenvalue weighted by Crippen LogP contribution is -2.24. The molecule has 5 heteroatoms. The molecule has 0 unspecified atom stereocenters. The molecule has 0 aromatic heterocycles. The minimum atomic E-state index is -0.178. The van der Waals surface area contributed by atoms with Crippen molar-refractivity contribution in [2.24, 2.45) is 0 Å². The summed E-state index contributed by atoms with van der Waals surface area (Å²) in [6, 6.07) is 13.2. The van der Waals surface area contributed by atoms with Crippen LogP contribution in [0.1, 0.15) is 24.1 Å². The Morgan fingerprint density at radius 1 is 1.12 bits per heavy atom. The number of para-hydroxylation sites is 1. The maximum atomic E-state index is 12.2. The van der Waals surface area contributed by atoms with Crippen LogP contribution in [0.4, 0.5) is 0 Å². The van der Waals surface area contributed by atoms with Gasteiger partial charge in [-0.1, -0.05) is 46.3 Å². The number of carbonyl (C=O) groups excluding carboxylic acids is 1. The van der Waals surface area contributed by atoms with Crippen molar-refractivity contribution in [2.45, 2.75) is 13.0 Å². The van der Waals surface area contributed by atoms with Gasteiger partial charge in [0.25, 0.3) is 0 Å². The van der Waals surface area contributed by atoms with Crippen molar-refractivity contribution in [3.8, 4) is 11.5 Å². The Labute approximate surface area is 150 Å². The summed E-state index contributed by atoms with van der Waals surface area (Å²) in [6.07, 6.45) is 3.20. The molecule has 2 aromatic carbocycles. The average molecular weight is 390 g/mol. The van der Waals surface area contributed by atoms with Crippen molar-refractivity contribution in [3.63, 3.8) is 0 Å². The lowest BCUT2D eigenvalue weighted by Gasteiger charge is -2.14. The Morgan fingerprint density at radius 3 is 2.54 bits per heavy atom. The first-order chi connectivity index (χ1) is 11.6. The number of nitrogens with one attached hydrogen (secondary N) is 1. The Hall–Kier alpha value is -2.27. The van der Waals surface area contributed by atoms with Gasteiger partial charge in [-0.3, -0.25) is 4.79 Å². The molecule has 1 amide bonds. The monoisotopic (exact) mass is 389 g/mol. The third-order valence-electron chi connectivity index (χ3n) is 3.58. The standard InChI is InChI=1S/C19H20BrNO3/c1-13(15-8-4-5-9-16(15)20)21-18(22)12-11-14-7-6-10-17(23-2)19(14)24-3/h4-13H,1-3H3,(H,21,22)/b12-11+/t13-/m0/s1. The summed E-state index contributed by atoms with van der Waals surface area (Å²) in [4.78, 5) is 12.2. The minimum Gasteiger partial charge on any atom is -0.493 e. The van der Waals surface area contributed by atoms with Crippen LogP contribution in [-0.2, 0) is 4.79 Å². The summed E-state index contributed by atoms with van der Waals surface area (Å²) in [5.74, 6) is 1.05. The lowest BCUT2D eigenvalue weighted by atomic mass is 10.1.